The van der Waals surface area contributed by atoms with Crippen LogP contribution >= 0.6 is 0 Å². The number of carbonyl (C=O) groups excluding carboxylic acids is 4. The summed E-state index contributed by atoms with van der Waals surface area (Å²) in [4.78, 5) is 56.8. The first kappa shape index (κ1) is 24.9. The van der Waals surface area contributed by atoms with E-state index in [4.69, 9.17) is 18.9 Å². The normalized spacial score (nSPS) is 17.1. The maximum Gasteiger partial charge on any atom is 0.354 e. The van der Waals surface area contributed by atoms with E-state index in [1.54, 1.807) is 6.07 Å². The summed E-state index contributed by atoms with van der Waals surface area (Å²) in [5.74, 6) is -3.45. The molecule has 1 unspecified atom stereocenters. The van der Waals surface area contributed by atoms with E-state index in [1.165, 1.54) is 62.8 Å². The molecule has 178 valence electrons. The number of nitrogens with zero attached hydrogens (tertiary/aromatic N) is 2. The smallest absolute Gasteiger partial charge is 0.354 e. The van der Waals surface area contributed by atoms with Crippen molar-refractivity contribution in [1.82, 2.24) is 0 Å². The number of rotatable bonds is 7. The Balaban J connectivity index is 2.52. The number of hydrogen-bond acceptors (Lipinski definition) is 9. The molecule has 1 amide bonds. The van der Waals surface area contributed by atoms with Crippen molar-refractivity contribution < 1.29 is 38.1 Å². The molecule has 10 nitrogen and oxygen atoms in total. The van der Waals surface area contributed by atoms with Crippen molar-refractivity contribution in [3.05, 3.63) is 70.8 Å². The number of ether oxygens (including phenoxy) is 4. The molecule has 0 saturated carbocycles. The number of hydrogen-bond donors (Lipinski definition) is 0. The molecule has 1 atom stereocenters. The Morgan fingerprint density at radius 3 is 1.80 bits per heavy atom. The zero-order chi connectivity index (χ0) is 25.8. The number of esters is 2. The van der Waals surface area contributed by atoms with Gasteiger partial charge in [-0.2, -0.15) is 5.26 Å². The highest BCUT2D eigenvalue weighted by Gasteiger charge is 2.58. The van der Waals surface area contributed by atoms with Crippen LogP contribution in [0.1, 0.15) is 15.9 Å². The molecule has 0 N–H and O–H groups in total. The van der Waals surface area contributed by atoms with Gasteiger partial charge in [-0.1, -0.05) is 12.1 Å². The van der Waals surface area contributed by atoms with Gasteiger partial charge in [-0.15, -0.1) is 0 Å². The predicted octanol–water partition coefficient (Wildman–Crippen LogP) is 1.97. The lowest BCUT2D eigenvalue weighted by Crippen LogP contribution is -2.54. The van der Waals surface area contributed by atoms with Crippen LogP contribution in [0.4, 0.5) is 0 Å². The van der Waals surface area contributed by atoms with Gasteiger partial charge < -0.3 is 18.9 Å². The summed E-state index contributed by atoms with van der Waals surface area (Å²) < 4.78 is 20.0. The third-order valence-electron chi connectivity index (χ3n) is 5.50. The average Bonchev–Trinajstić information content (AvgIpc) is 2.91. The van der Waals surface area contributed by atoms with Crippen LogP contribution in [0, 0.1) is 11.3 Å². The zero-order valence-corrected chi connectivity index (χ0v) is 19.3. The molecule has 0 bridgehead atoms. The molecule has 35 heavy (non-hydrogen) atoms. The second-order valence-electron chi connectivity index (χ2n) is 7.15. The number of amides is 1. The molecule has 1 aliphatic heterocycles. The lowest BCUT2D eigenvalue weighted by Gasteiger charge is -2.36. The number of Topliss-reactive ketones (excluding diaryl/α,β-unsaturated/α-hetero) is 1. The fraction of sp³-hybridized carbons (Fsp3) is 0.200. The van der Waals surface area contributed by atoms with Gasteiger partial charge in [0.15, 0.2) is 11.5 Å². The molecule has 0 fully saturated rings. The first-order valence-corrected chi connectivity index (χ1v) is 10.1. The van der Waals surface area contributed by atoms with E-state index in [2.05, 4.69) is 4.99 Å². The summed E-state index contributed by atoms with van der Waals surface area (Å²) in [6.07, 6.45) is 0. The Morgan fingerprint density at radius 2 is 1.34 bits per heavy atom. The molecule has 2 aromatic rings. The van der Waals surface area contributed by atoms with E-state index in [1.807, 2.05) is 0 Å². The van der Waals surface area contributed by atoms with Crippen LogP contribution in [0.25, 0.3) is 0 Å². The van der Waals surface area contributed by atoms with Crippen LogP contribution < -0.4 is 9.47 Å². The number of carbonyl (C=O) groups is 4. The van der Waals surface area contributed by atoms with Crippen LogP contribution in [0.5, 0.6) is 11.5 Å². The van der Waals surface area contributed by atoms with E-state index in [0.717, 1.165) is 14.2 Å². The fourth-order valence-electron chi connectivity index (χ4n) is 3.84. The second-order valence-corrected chi connectivity index (χ2v) is 7.15. The summed E-state index contributed by atoms with van der Waals surface area (Å²) in [6, 6.07) is 13.3. The first-order valence-electron chi connectivity index (χ1n) is 10.1. The van der Waals surface area contributed by atoms with Crippen molar-refractivity contribution >= 4 is 29.3 Å². The van der Waals surface area contributed by atoms with Crippen LogP contribution in [0.15, 0.2) is 64.7 Å². The highest BCUT2D eigenvalue weighted by molar-refractivity contribution is 6.51. The predicted molar refractivity (Wildman–Crippen MR) is 121 cm³/mol. The maximum absolute atomic E-state index is 14.3. The Morgan fingerprint density at radius 1 is 0.829 bits per heavy atom. The monoisotopic (exact) mass is 476 g/mol. The highest BCUT2D eigenvalue weighted by atomic mass is 16.5. The Kier molecular flexibility index (Phi) is 7.11. The summed E-state index contributed by atoms with van der Waals surface area (Å²) in [5, 5.41) is 9.77. The third kappa shape index (κ3) is 4.04. The van der Waals surface area contributed by atoms with Crippen molar-refractivity contribution in [1.29, 1.82) is 5.26 Å². The fourth-order valence-corrected chi connectivity index (χ4v) is 3.84. The van der Waals surface area contributed by atoms with Gasteiger partial charge in [0, 0.05) is 5.56 Å². The van der Waals surface area contributed by atoms with Gasteiger partial charge >= 0.3 is 11.9 Å². The molecule has 1 heterocycles. The van der Waals surface area contributed by atoms with Crippen LogP contribution in [0.3, 0.4) is 0 Å². The topological polar surface area (TPSA) is 141 Å². The summed E-state index contributed by atoms with van der Waals surface area (Å²) in [6.45, 7) is 0. The summed E-state index contributed by atoms with van der Waals surface area (Å²) in [5.41, 5.74) is -4.32. The minimum Gasteiger partial charge on any atom is -0.497 e. The van der Waals surface area contributed by atoms with E-state index >= 15 is 0 Å². The van der Waals surface area contributed by atoms with Crippen LogP contribution in [0.2, 0.25) is 0 Å². The third-order valence-corrected chi connectivity index (χ3v) is 5.50. The largest absolute Gasteiger partial charge is 0.497 e. The number of nitriles is 1. The minimum atomic E-state index is -2.35. The number of benzene rings is 2. The molecule has 0 spiro atoms. The van der Waals surface area contributed by atoms with Crippen molar-refractivity contribution in [2.24, 2.45) is 4.99 Å². The molecular formula is C25H20N2O8. The molecule has 2 aromatic carbocycles. The molecule has 10 heteroatoms. The Labute approximate surface area is 200 Å². The summed E-state index contributed by atoms with van der Waals surface area (Å²) in [7, 11) is 4.94. The Bertz CT molecular complexity index is 1300. The average molecular weight is 476 g/mol. The molecule has 1 aliphatic rings. The van der Waals surface area contributed by atoms with Gasteiger partial charge in [0.1, 0.15) is 28.6 Å². The maximum atomic E-state index is 14.3. The van der Waals surface area contributed by atoms with Gasteiger partial charge in [-0.05, 0) is 42.0 Å². The van der Waals surface area contributed by atoms with Gasteiger partial charge in [0.25, 0.3) is 5.91 Å². The van der Waals surface area contributed by atoms with E-state index in [9.17, 15) is 24.4 Å². The van der Waals surface area contributed by atoms with Crippen molar-refractivity contribution in [2.75, 3.05) is 28.4 Å². The van der Waals surface area contributed by atoms with Gasteiger partial charge in [-0.3, -0.25) is 9.59 Å². The highest BCUT2D eigenvalue weighted by Crippen LogP contribution is 2.43. The lowest BCUT2D eigenvalue weighted by molar-refractivity contribution is -0.137. The number of ketones is 1. The van der Waals surface area contributed by atoms with Gasteiger partial charge in [0.05, 0.1) is 34.0 Å². The molecule has 0 aliphatic carbocycles. The first-order chi connectivity index (χ1) is 16.8. The summed E-state index contributed by atoms with van der Waals surface area (Å²) >= 11 is 0. The number of dihydropyridines is 1. The van der Waals surface area contributed by atoms with E-state index in [0.29, 0.717) is 11.5 Å². The molecule has 0 saturated heterocycles. The SMILES string of the molecule is COC(=O)C1=NC(=O)C(C#N)=C(C(=O)OC)C1(C(=O)c1ccc(OC)cc1)c1ccc(OC)cc1. The van der Waals surface area contributed by atoms with E-state index in [-0.39, 0.29) is 11.1 Å². The molecule has 0 aromatic heterocycles. The molecule has 3 rings (SSSR count). The van der Waals surface area contributed by atoms with Crippen molar-refractivity contribution in [3.8, 4) is 17.6 Å². The second kappa shape index (κ2) is 10.0. The lowest BCUT2D eigenvalue weighted by atomic mass is 9.63. The quantitative estimate of drug-likeness (QED) is 0.433. The van der Waals surface area contributed by atoms with Crippen molar-refractivity contribution in [2.45, 2.75) is 5.41 Å². The van der Waals surface area contributed by atoms with E-state index < -0.39 is 45.9 Å². The van der Waals surface area contributed by atoms with Gasteiger partial charge in [0.2, 0.25) is 0 Å². The number of aliphatic imine (C=N–C) groups is 1. The van der Waals surface area contributed by atoms with Crippen LogP contribution in [-0.4, -0.2) is 57.8 Å². The Hall–Kier alpha value is -4.78. The van der Waals surface area contributed by atoms with Crippen molar-refractivity contribution in [3.63, 3.8) is 0 Å². The molecular weight excluding hydrogens is 456 g/mol. The standard InChI is InChI=1S/C25H20N2O8/c1-32-16-9-5-14(6-10-16)21(28)25(15-7-11-17(33-2)12-8-15)19(23(30)34-3)18(13-26)22(29)27-20(25)24(31)35-4/h5-12H,1-4H3. The van der Waals surface area contributed by atoms with Crippen LogP contribution in [-0.2, 0) is 29.3 Å². The number of methoxy groups -OCH3 is 4. The van der Waals surface area contributed by atoms with Gasteiger partial charge in [-0.25, -0.2) is 14.6 Å². The zero-order valence-electron chi connectivity index (χ0n) is 19.3. The molecule has 0 radical (unpaired) electrons. The minimum absolute atomic E-state index is 0.0336.